The Morgan fingerprint density at radius 2 is 2.45 bits per heavy atom. The minimum atomic E-state index is -0.280. The molecule has 0 amide bonds. The number of halogens is 2. The van der Waals surface area contributed by atoms with E-state index in [1.54, 1.807) is 6.34 Å². The number of hydrogen-bond donors (Lipinski definition) is 3. The second-order valence-electron chi connectivity index (χ2n) is 2.22. The maximum Gasteiger partial charge on any atom is 0.152 e. The van der Waals surface area contributed by atoms with E-state index in [0.717, 1.165) is 11.4 Å². The number of hydrogen-bond acceptors (Lipinski definition) is 4. The van der Waals surface area contributed by atoms with Crippen molar-refractivity contribution in [2.45, 2.75) is 10.5 Å². The van der Waals surface area contributed by atoms with Gasteiger partial charge in [0.1, 0.15) is 10.8 Å². The van der Waals surface area contributed by atoms with Crippen LogP contribution in [-0.4, -0.2) is 16.8 Å². The first-order chi connectivity index (χ1) is 5.29. The van der Waals surface area contributed by atoms with Crippen LogP contribution in [0.25, 0.3) is 0 Å². The van der Waals surface area contributed by atoms with Crippen molar-refractivity contribution >= 4 is 33.9 Å². The van der Waals surface area contributed by atoms with Crippen LogP contribution in [0.5, 0.6) is 0 Å². The molecule has 0 fully saturated rings. The number of nitrogens with zero attached hydrogens (tertiary/aromatic N) is 1. The highest BCUT2D eigenvalue weighted by molar-refractivity contribution is 9.09. The first kappa shape index (κ1) is 7.39. The van der Waals surface area contributed by atoms with Crippen LogP contribution < -0.4 is 16.2 Å². The lowest BCUT2D eigenvalue weighted by molar-refractivity contribution is 0.664. The van der Waals surface area contributed by atoms with Gasteiger partial charge in [0.25, 0.3) is 0 Å². The molecular weight excluding hydrogens is 231 g/mol. The lowest BCUT2D eigenvalue weighted by Crippen LogP contribution is -2.32. The summed E-state index contributed by atoms with van der Waals surface area (Å²) in [6, 6.07) is 0. The van der Waals surface area contributed by atoms with Crippen molar-refractivity contribution in [3.8, 4) is 0 Å². The summed E-state index contributed by atoms with van der Waals surface area (Å²) in [5, 5.41) is 2.94. The predicted molar refractivity (Wildman–Crippen MR) is 47.3 cm³/mol. The van der Waals surface area contributed by atoms with Crippen LogP contribution in [0.3, 0.4) is 0 Å². The van der Waals surface area contributed by atoms with Crippen molar-refractivity contribution in [3.63, 3.8) is 0 Å². The van der Waals surface area contributed by atoms with Crippen LogP contribution in [0.1, 0.15) is 0 Å². The molecule has 0 radical (unpaired) electrons. The number of hydrazine groups is 1. The molecule has 2 atom stereocenters. The molecule has 0 aliphatic carbocycles. The Labute approximate surface area is 77.2 Å². The monoisotopic (exact) mass is 236 g/mol. The number of nitrogens with one attached hydrogen (secondary N) is 3. The molecule has 2 heterocycles. The molecular formula is C5H6BrClN4. The fourth-order valence-corrected chi connectivity index (χ4v) is 2.06. The first-order valence-corrected chi connectivity index (χ1v) is 4.46. The number of alkyl halides is 2. The zero-order chi connectivity index (χ0) is 7.84. The highest BCUT2D eigenvalue weighted by atomic mass is 79.9. The summed E-state index contributed by atoms with van der Waals surface area (Å²) >= 11 is 9.30. The number of aliphatic imine (C=N–C) groups is 1. The van der Waals surface area contributed by atoms with E-state index in [-0.39, 0.29) is 10.5 Å². The molecule has 2 aliphatic heterocycles. The van der Waals surface area contributed by atoms with E-state index >= 15 is 0 Å². The normalized spacial score (nSPS) is 34.7. The van der Waals surface area contributed by atoms with E-state index in [9.17, 15) is 0 Å². The Hall–Kier alpha value is -0.260. The van der Waals surface area contributed by atoms with Crippen molar-refractivity contribution < 1.29 is 0 Å². The standard InChI is InChI=1S/C5H6BrClN4/c6-3-2-4(7)8-1-9-5(2)11-10-3/h1,3-4,10-11H,(H,8,9). The molecule has 11 heavy (non-hydrogen) atoms. The molecule has 0 saturated carbocycles. The second kappa shape index (κ2) is 2.66. The molecule has 0 saturated heterocycles. The highest BCUT2D eigenvalue weighted by Crippen LogP contribution is 2.25. The summed E-state index contributed by atoms with van der Waals surface area (Å²) < 4.78 is 0. The predicted octanol–water partition coefficient (Wildman–Crippen LogP) is 0.223. The molecule has 0 aromatic carbocycles. The zero-order valence-corrected chi connectivity index (χ0v) is 7.78. The van der Waals surface area contributed by atoms with E-state index in [1.165, 1.54) is 0 Å². The van der Waals surface area contributed by atoms with Gasteiger partial charge >= 0.3 is 0 Å². The third kappa shape index (κ3) is 1.13. The van der Waals surface area contributed by atoms with Crippen LogP contribution in [0.15, 0.2) is 16.4 Å². The Morgan fingerprint density at radius 3 is 3.18 bits per heavy atom. The van der Waals surface area contributed by atoms with Crippen LogP contribution >= 0.6 is 27.5 Å². The third-order valence-corrected chi connectivity index (χ3v) is 2.63. The molecule has 2 rings (SSSR count). The van der Waals surface area contributed by atoms with Gasteiger partial charge in [-0.25, -0.2) is 5.43 Å². The Kier molecular flexibility index (Phi) is 1.78. The fourth-order valence-electron chi connectivity index (χ4n) is 1.02. The molecule has 6 heteroatoms. The molecule has 0 aromatic rings. The molecule has 2 unspecified atom stereocenters. The summed E-state index contributed by atoms with van der Waals surface area (Å²) in [5.74, 6) is 0.891. The lowest BCUT2D eigenvalue weighted by Gasteiger charge is -2.14. The summed E-state index contributed by atoms with van der Waals surface area (Å²) in [7, 11) is 0. The maximum absolute atomic E-state index is 5.91. The van der Waals surface area contributed by atoms with Crippen molar-refractivity contribution in [2.24, 2.45) is 4.99 Å². The van der Waals surface area contributed by atoms with E-state index in [0.29, 0.717) is 0 Å². The van der Waals surface area contributed by atoms with Crippen LogP contribution in [0.4, 0.5) is 0 Å². The van der Waals surface area contributed by atoms with Gasteiger partial charge in [0.15, 0.2) is 5.50 Å². The minimum Gasteiger partial charge on any atom is -0.332 e. The summed E-state index contributed by atoms with van der Waals surface area (Å²) in [6.45, 7) is 0. The van der Waals surface area contributed by atoms with Gasteiger partial charge < -0.3 is 10.7 Å². The van der Waals surface area contributed by atoms with Gasteiger partial charge in [0.2, 0.25) is 0 Å². The van der Waals surface area contributed by atoms with Crippen molar-refractivity contribution in [1.82, 2.24) is 16.2 Å². The van der Waals surface area contributed by atoms with E-state index < -0.39 is 0 Å². The largest absolute Gasteiger partial charge is 0.332 e. The van der Waals surface area contributed by atoms with Gasteiger partial charge in [-0.2, -0.15) is 0 Å². The van der Waals surface area contributed by atoms with Crippen LogP contribution in [-0.2, 0) is 0 Å². The quantitative estimate of drug-likeness (QED) is 0.417. The molecule has 0 bridgehead atoms. The number of rotatable bonds is 0. The van der Waals surface area contributed by atoms with E-state index in [1.807, 2.05) is 0 Å². The van der Waals surface area contributed by atoms with Crippen molar-refractivity contribution in [2.75, 3.05) is 0 Å². The Morgan fingerprint density at radius 1 is 1.64 bits per heavy atom. The van der Waals surface area contributed by atoms with Gasteiger partial charge in [0, 0.05) is 5.57 Å². The van der Waals surface area contributed by atoms with Gasteiger partial charge in [-0.15, -0.1) is 0 Å². The van der Waals surface area contributed by atoms with Gasteiger partial charge in [0.05, 0.1) is 6.34 Å². The Bertz CT molecular complexity index is 239. The SMILES string of the molecule is ClC1N=CNC2=C1C(Br)NN2. The average Bonchev–Trinajstić information content (AvgIpc) is 2.34. The molecule has 4 nitrogen and oxygen atoms in total. The average molecular weight is 237 g/mol. The zero-order valence-electron chi connectivity index (χ0n) is 5.44. The molecule has 3 N–H and O–H groups in total. The smallest absolute Gasteiger partial charge is 0.152 e. The summed E-state index contributed by atoms with van der Waals surface area (Å²) in [6.07, 6.45) is 1.58. The van der Waals surface area contributed by atoms with Crippen molar-refractivity contribution in [3.05, 3.63) is 11.4 Å². The molecule has 0 aromatic heterocycles. The van der Waals surface area contributed by atoms with Gasteiger partial charge in [-0.05, 0) is 0 Å². The van der Waals surface area contributed by atoms with E-state index in [4.69, 9.17) is 11.6 Å². The first-order valence-electron chi connectivity index (χ1n) is 3.11. The fraction of sp³-hybridized carbons (Fsp3) is 0.400. The summed E-state index contributed by atoms with van der Waals surface area (Å²) in [5.41, 5.74) is 6.61. The lowest BCUT2D eigenvalue weighted by atomic mass is 10.2. The highest BCUT2D eigenvalue weighted by Gasteiger charge is 2.29. The maximum atomic E-state index is 5.91. The van der Waals surface area contributed by atoms with Crippen LogP contribution in [0, 0.1) is 0 Å². The molecule has 2 aliphatic rings. The molecule has 0 spiro atoms. The second-order valence-corrected chi connectivity index (χ2v) is 3.55. The minimum absolute atomic E-state index is 0.0601. The van der Waals surface area contributed by atoms with Crippen LogP contribution in [0.2, 0.25) is 0 Å². The van der Waals surface area contributed by atoms with Crippen molar-refractivity contribution in [1.29, 1.82) is 0 Å². The van der Waals surface area contributed by atoms with Gasteiger partial charge in [-0.3, -0.25) is 4.99 Å². The molecule has 60 valence electrons. The van der Waals surface area contributed by atoms with Gasteiger partial charge in [-0.1, -0.05) is 27.5 Å². The van der Waals surface area contributed by atoms with E-state index in [2.05, 4.69) is 37.1 Å². The topological polar surface area (TPSA) is 48.5 Å². The Balaban J connectivity index is 2.30. The third-order valence-electron chi connectivity index (χ3n) is 1.56. The summed E-state index contributed by atoms with van der Waals surface area (Å²) in [4.78, 5) is 4.04.